The molecule has 3 nitrogen and oxygen atoms in total. The summed E-state index contributed by atoms with van der Waals surface area (Å²) in [6.45, 7) is 3.15. The van der Waals surface area contributed by atoms with E-state index in [1.807, 2.05) is 25.1 Å². The van der Waals surface area contributed by atoms with Gasteiger partial charge in [0.25, 0.3) is 0 Å². The first-order valence-electron chi connectivity index (χ1n) is 6.48. The lowest BCUT2D eigenvalue weighted by Gasteiger charge is -2.09. The highest BCUT2D eigenvalue weighted by Crippen LogP contribution is 2.29. The summed E-state index contributed by atoms with van der Waals surface area (Å²) in [4.78, 5) is 11.1. The van der Waals surface area contributed by atoms with Gasteiger partial charge in [0.05, 0.1) is 16.1 Å². The summed E-state index contributed by atoms with van der Waals surface area (Å²) in [6.07, 6.45) is 3.40. The van der Waals surface area contributed by atoms with E-state index in [1.54, 1.807) is 0 Å². The second-order valence-corrected chi connectivity index (χ2v) is 5.34. The average Bonchev–Trinajstić information content (AvgIpc) is 2.38. The molecule has 1 aromatic carbocycles. The number of carbonyl (C=O) groups excluding carboxylic acids is 1. The molecule has 0 bridgehead atoms. The first-order valence-corrected chi connectivity index (χ1v) is 7.65. The third-order valence-electron chi connectivity index (χ3n) is 2.63. The standard InChI is InChI=1S/C14H19BrClNO2/c1-2-19-13(18)9-4-3-5-10-17-12-8-6-7-11(16)14(12)15/h6-8,17H,2-5,9-10H2,1H3. The van der Waals surface area contributed by atoms with E-state index in [0.717, 1.165) is 36.0 Å². The third-order valence-corrected chi connectivity index (χ3v) is 4.03. The maximum absolute atomic E-state index is 11.1. The van der Waals surface area contributed by atoms with E-state index < -0.39 is 0 Å². The number of esters is 1. The Bertz CT molecular complexity index is 412. The second-order valence-electron chi connectivity index (χ2n) is 4.14. The highest BCUT2D eigenvalue weighted by molar-refractivity contribution is 9.10. The zero-order valence-corrected chi connectivity index (χ0v) is 13.4. The zero-order valence-electron chi connectivity index (χ0n) is 11.0. The van der Waals surface area contributed by atoms with Crippen molar-refractivity contribution in [3.63, 3.8) is 0 Å². The maximum Gasteiger partial charge on any atom is 0.305 e. The molecule has 0 saturated carbocycles. The molecule has 0 aliphatic rings. The molecule has 5 heteroatoms. The van der Waals surface area contributed by atoms with Gasteiger partial charge in [0.1, 0.15) is 0 Å². The van der Waals surface area contributed by atoms with Crippen LogP contribution in [0.15, 0.2) is 22.7 Å². The van der Waals surface area contributed by atoms with E-state index >= 15 is 0 Å². The van der Waals surface area contributed by atoms with Crippen LogP contribution in [0.4, 0.5) is 5.69 Å². The van der Waals surface area contributed by atoms with E-state index in [2.05, 4.69) is 21.2 Å². The van der Waals surface area contributed by atoms with Gasteiger partial charge in [-0.3, -0.25) is 4.79 Å². The van der Waals surface area contributed by atoms with Gasteiger partial charge in [-0.2, -0.15) is 0 Å². The fraction of sp³-hybridized carbons (Fsp3) is 0.500. The SMILES string of the molecule is CCOC(=O)CCCCCNc1cccc(Cl)c1Br. The molecular weight excluding hydrogens is 330 g/mol. The lowest BCUT2D eigenvalue weighted by atomic mass is 10.2. The monoisotopic (exact) mass is 347 g/mol. The van der Waals surface area contributed by atoms with Gasteiger partial charge >= 0.3 is 5.97 Å². The smallest absolute Gasteiger partial charge is 0.305 e. The van der Waals surface area contributed by atoms with Gasteiger partial charge in [-0.1, -0.05) is 24.1 Å². The normalized spacial score (nSPS) is 10.3. The second kappa shape index (κ2) is 9.21. The largest absolute Gasteiger partial charge is 0.466 e. The van der Waals surface area contributed by atoms with Crippen LogP contribution in [-0.2, 0) is 9.53 Å². The van der Waals surface area contributed by atoms with Crippen molar-refractivity contribution in [2.24, 2.45) is 0 Å². The van der Waals surface area contributed by atoms with Crippen LogP contribution in [0.25, 0.3) is 0 Å². The Balaban J connectivity index is 2.14. The first-order chi connectivity index (χ1) is 9.15. The summed E-state index contributed by atoms with van der Waals surface area (Å²) in [5, 5.41) is 4.02. The quantitative estimate of drug-likeness (QED) is 0.549. The van der Waals surface area contributed by atoms with Crippen LogP contribution in [0.3, 0.4) is 0 Å². The molecular formula is C14H19BrClNO2. The summed E-state index contributed by atoms with van der Waals surface area (Å²) < 4.78 is 5.76. The average molecular weight is 349 g/mol. The number of rotatable bonds is 8. The number of anilines is 1. The van der Waals surface area contributed by atoms with E-state index in [1.165, 1.54) is 0 Å². The van der Waals surface area contributed by atoms with E-state index in [4.69, 9.17) is 16.3 Å². The topological polar surface area (TPSA) is 38.3 Å². The number of hydrogen-bond donors (Lipinski definition) is 1. The van der Waals surface area contributed by atoms with Gasteiger partial charge in [-0.15, -0.1) is 0 Å². The van der Waals surface area contributed by atoms with Crippen LogP contribution in [0.1, 0.15) is 32.6 Å². The Labute approximate surface area is 127 Å². The number of hydrogen-bond acceptors (Lipinski definition) is 3. The third kappa shape index (κ3) is 6.30. The van der Waals surface area contributed by atoms with Crippen LogP contribution in [0.2, 0.25) is 5.02 Å². The summed E-state index contributed by atoms with van der Waals surface area (Å²) in [6, 6.07) is 5.74. The number of halogens is 2. The van der Waals surface area contributed by atoms with Gasteiger partial charge in [0, 0.05) is 18.7 Å². The number of ether oxygens (including phenoxy) is 1. The van der Waals surface area contributed by atoms with Gasteiger partial charge < -0.3 is 10.1 Å². The molecule has 0 saturated heterocycles. The summed E-state index contributed by atoms with van der Waals surface area (Å²) >= 11 is 9.45. The Kier molecular flexibility index (Phi) is 7.91. The molecule has 0 radical (unpaired) electrons. The highest BCUT2D eigenvalue weighted by atomic mass is 79.9. The zero-order chi connectivity index (χ0) is 14.1. The Morgan fingerprint density at radius 3 is 2.89 bits per heavy atom. The fourth-order valence-electron chi connectivity index (χ4n) is 1.67. The molecule has 0 aliphatic heterocycles. The number of benzene rings is 1. The van der Waals surface area contributed by atoms with Crippen molar-refractivity contribution in [2.45, 2.75) is 32.6 Å². The molecule has 0 unspecified atom stereocenters. The Hall–Kier alpha value is -0.740. The van der Waals surface area contributed by atoms with Crippen LogP contribution < -0.4 is 5.32 Å². The Morgan fingerprint density at radius 2 is 2.16 bits per heavy atom. The number of carbonyl (C=O) groups is 1. The minimum Gasteiger partial charge on any atom is -0.466 e. The van der Waals surface area contributed by atoms with Crippen molar-refractivity contribution >= 4 is 39.2 Å². The lowest BCUT2D eigenvalue weighted by Crippen LogP contribution is -2.05. The van der Waals surface area contributed by atoms with Crippen molar-refractivity contribution in [3.05, 3.63) is 27.7 Å². The van der Waals surface area contributed by atoms with E-state index in [-0.39, 0.29) is 5.97 Å². The number of unbranched alkanes of at least 4 members (excludes halogenated alkanes) is 2. The van der Waals surface area contributed by atoms with Crippen molar-refractivity contribution in [1.29, 1.82) is 0 Å². The van der Waals surface area contributed by atoms with E-state index in [0.29, 0.717) is 18.1 Å². The molecule has 1 aromatic rings. The predicted octanol–water partition coefficient (Wildman–Crippen LogP) is 4.64. The van der Waals surface area contributed by atoms with Gasteiger partial charge in [0.2, 0.25) is 0 Å². The molecule has 1 N–H and O–H groups in total. The molecule has 0 fully saturated rings. The van der Waals surface area contributed by atoms with Crippen LogP contribution in [-0.4, -0.2) is 19.1 Å². The van der Waals surface area contributed by atoms with Crippen molar-refractivity contribution in [2.75, 3.05) is 18.5 Å². The molecule has 0 spiro atoms. The van der Waals surface area contributed by atoms with Gasteiger partial charge in [-0.05, 0) is 47.8 Å². The van der Waals surface area contributed by atoms with Gasteiger partial charge in [0.15, 0.2) is 0 Å². The number of nitrogens with one attached hydrogen (secondary N) is 1. The summed E-state index contributed by atoms with van der Waals surface area (Å²) in [7, 11) is 0. The maximum atomic E-state index is 11.1. The lowest BCUT2D eigenvalue weighted by molar-refractivity contribution is -0.143. The van der Waals surface area contributed by atoms with E-state index in [9.17, 15) is 4.79 Å². The minimum atomic E-state index is -0.104. The molecule has 0 atom stereocenters. The first kappa shape index (κ1) is 16.3. The Morgan fingerprint density at radius 1 is 1.37 bits per heavy atom. The van der Waals surface area contributed by atoms with Crippen molar-refractivity contribution in [1.82, 2.24) is 0 Å². The molecule has 0 heterocycles. The van der Waals surface area contributed by atoms with Crippen LogP contribution >= 0.6 is 27.5 Å². The molecule has 0 aliphatic carbocycles. The molecule has 106 valence electrons. The summed E-state index contributed by atoms with van der Waals surface area (Å²) in [5.74, 6) is -0.104. The summed E-state index contributed by atoms with van der Waals surface area (Å²) in [5.41, 5.74) is 0.998. The van der Waals surface area contributed by atoms with Gasteiger partial charge in [-0.25, -0.2) is 0 Å². The predicted molar refractivity (Wildman–Crippen MR) is 82.7 cm³/mol. The molecule has 0 amide bonds. The van der Waals surface area contributed by atoms with Crippen molar-refractivity contribution in [3.8, 4) is 0 Å². The van der Waals surface area contributed by atoms with Crippen LogP contribution in [0.5, 0.6) is 0 Å². The molecule has 0 aromatic heterocycles. The van der Waals surface area contributed by atoms with Crippen molar-refractivity contribution < 1.29 is 9.53 Å². The fourth-order valence-corrected chi connectivity index (χ4v) is 2.25. The highest BCUT2D eigenvalue weighted by Gasteiger charge is 2.03. The minimum absolute atomic E-state index is 0.104. The van der Waals surface area contributed by atoms with Crippen LogP contribution in [0, 0.1) is 0 Å². The molecule has 19 heavy (non-hydrogen) atoms. The molecule has 1 rings (SSSR count).